The van der Waals surface area contributed by atoms with Crippen LogP contribution < -0.4 is 14.8 Å². The molecule has 3 aromatic rings. The van der Waals surface area contributed by atoms with Gasteiger partial charge in [-0.05, 0) is 89.7 Å². The van der Waals surface area contributed by atoms with Gasteiger partial charge < -0.3 is 10.1 Å². The van der Waals surface area contributed by atoms with E-state index in [0.29, 0.717) is 17.1 Å². The fourth-order valence-electron chi connectivity index (χ4n) is 2.51. The minimum Gasteiger partial charge on any atom is -0.483 e. The maximum absolute atomic E-state index is 12.5. The van der Waals surface area contributed by atoms with E-state index in [1.165, 1.54) is 24.3 Å². The van der Waals surface area contributed by atoms with Crippen LogP contribution in [0.3, 0.4) is 0 Å². The monoisotopic (exact) mass is 522 g/mol. The van der Waals surface area contributed by atoms with E-state index in [1.54, 1.807) is 18.2 Å². The first-order valence-electron chi connectivity index (χ1n) is 8.70. The van der Waals surface area contributed by atoms with Crippen LogP contribution in [-0.2, 0) is 14.8 Å². The molecule has 3 rings (SSSR count). The molecule has 150 valence electrons. The Labute approximate surface area is 183 Å². The van der Waals surface area contributed by atoms with Gasteiger partial charge in [-0.2, -0.15) is 0 Å². The van der Waals surface area contributed by atoms with Gasteiger partial charge >= 0.3 is 0 Å². The number of halogens is 1. The van der Waals surface area contributed by atoms with Gasteiger partial charge in [0.15, 0.2) is 6.61 Å². The summed E-state index contributed by atoms with van der Waals surface area (Å²) in [4.78, 5) is 12.2. The van der Waals surface area contributed by atoms with Crippen molar-refractivity contribution < 1.29 is 17.9 Å². The number of ether oxygens (including phenoxy) is 1. The highest BCUT2D eigenvalue weighted by molar-refractivity contribution is 14.1. The minimum absolute atomic E-state index is 0.102. The molecule has 0 heterocycles. The number of carbonyl (C=O) groups excluding carboxylic acids is 1. The van der Waals surface area contributed by atoms with E-state index in [1.807, 2.05) is 37.3 Å². The Morgan fingerprint density at radius 3 is 2.21 bits per heavy atom. The summed E-state index contributed by atoms with van der Waals surface area (Å²) < 4.78 is 34.0. The quantitative estimate of drug-likeness (QED) is 0.451. The van der Waals surface area contributed by atoms with Crippen LogP contribution in [0, 0.1) is 10.5 Å². The summed E-state index contributed by atoms with van der Waals surface area (Å²) >= 11 is 2.15. The number of hydrogen-bond donors (Lipinski definition) is 2. The highest BCUT2D eigenvalue weighted by Gasteiger charge is 2.14. The molecule has 0 atom stereocenters. The predicted molar refractivity (Wildman–Crippen MR) is 122 cm³/mol. The van der Waals surface area contributed by atoms with Gasteiger partial charge in [-0.25, -0.2) is 8.42 Å². The lowest BCUT2D eigenvalue weighted by Gasteiger charge is -2.11. The molecule has 0 aliphatic rings. The molecule has 0 unspecified atom stereocenters. The molecule has 0 spiro atoms. The number of amides is 1. The minimum atomic E-state index is -3.71. The molecule has 0 aromatic heterocycles. The molecule has 0 aliphatic carbocycles. The van der Waals surface area contributed by atoms with Crippen LogP contribution in [-0.4, -0.2) is 20.9 Å². The van der Waals surface area contributed by atoms with Crippen LogP contribution in [0.4, 0.5) is 11.4 Å². The second kappa shape index (κ2) is 9.27. The zero-order chi connectivity index (χ0) is 20.9. The lowest BCUT2D eigenvalue weighted by molar-refractivity contribution is -0.118. The predicted octanol–water partition coefficient (Wildman–Crippen LogP) is 4.42. The van der Waals surface area contributed by atoms with Gasteiger partial charge in [0.05, 0.1) is 4.90 Å². The van der Waals surface area contributed by atoms with Crippen molar-refractivity contribution in [1.82, 2.24) is 0 Å². The Balaban J connectivity index is 1.59. The summed E-state index contributed by atoms with van der Waals surface area (Å²) in [5, 5.41) is 2.69. The molecule has 0 saturated heterocycles. The van der Waals surface area contributed by atoms with E-state index in [4.69, 9.17) is 4.74 Å². The van der Waals surface area contributed by atoms with Crippen molar-refractivity contribution in [1.29, 1.82) is 0 Å². The van der Waals surface area contributed by atoms with Crippen molar-refractivity contribution >= 4 is 49.9 Å². The molecule has 6 nitrogen and oxygen atoms in total. The number of nitrogens with one attached hydrogen (secondary N) is 2. The van der Waals surface area contributed by atoms with Crippen LogP contribution in [0.15, 0.2) is 77.7 Å². The van der Waals surface area contributed by atoms with Gasteiger partial charge in [-0.3, -0.25) is 9.52 Å². The zero-order valence-corrected chi connectivity index (χ0v) is 18.5. The van der Waals surface area contributed by atoms with E-state index in [-0.39, 0.29) is 17.4 Å². The maximum Gasteiger partial charge on any atom is 0.262 e. The lowest BCUT2D eigenvalue weighted by Crippen LogP contribution is -2.20. The van der Waals surface area contributed by atoms with Crippen molar-refractivity contribution in [2.45, 2.75) is 11.8 Å². The third-order valence-electron chi connectivity index (χ3n) is 4.00. The Morgan fingerprint density at radius 1 is 0.931 bits per heavy atom. The molecule has 29 heavy (non-hydrogen) atoms. The van der Waals surface area contributed by atoms with Crippen molar-refractivity contribution in [3.8, 4) is 5.75 Å². The van der Waals surface area contributed by atoms with Crippen molar-refractivity contribution in [2.24, 2.45) is 0 Å². The largest absolute Gasteiger partial charge is 0.483 e. The van der Waals surface area contributed by atoms with Gasteiger partial charge in [0, 0.05) is 14.9 Å². The van der Waals surface area contributed by atoms with E-state index >= 15 is 0 Å². The summed E-state index contributed by atoms with van der Waals surface area (Å²) in [6.07, 6.45) is 0. The van der Waals surface area contributed by atoms with Crippen molar-refractivity contribution in [2.75, 3.05) is 16.6 Å². The first kappa shape index (κ1) is 21.1. The highest BCUT2D eigenvalue weighted by Crippen LogP contribution is 2.20. The first-order valence-corrected chi connectivity index (χ1v) is 11.3. The molecule has 0 radical (unpaired) electrons. The molecule has 0 saturated carbocycles. The number of anilines is 2. The molecule has 2 N–H and O–H groups in total. The van der Waals surface area contributed by atoms with E-state index < -0.39 is 10.0 Å². The number of sulfonamides is 1. The third-order valence-corrected chi connectivity index (χ3v) is 6.11. The lowest BCUT2D eigenvalue weighted by atomic mass is 10.2. The molecular formula is C21H19IN2O4S. The Kier molecular flexibility index (Phi) is 6.75. The molecule has 0 aliphatic heterocycles. The normalized spacial score (nSPS) is 11.0. The zero-order valence-electron chi connectivity index (χ0n) is 15.6. The summed E-state index contributed by atoms with van der Waals surface area (Å²) in [6, 6.07) is 20.4. The van der Waals surface area contributed by atoms with E-state index in [2.05, 4.69) is 32.6 Å². The summed E-state index contributed by atoms with van der Waals surface area (Å²) in [5.74, 6) is 0.312. The smallest absolute Gasteiger partial charge is 0.262 e. The van der Waals surface area contributed by atoms with Gasteiger partial charge in [0.2, 0.25) is 0 Å². The number of aryl methyl sites for hydroxylation is 1. The molecule has 1 amide bonds. The molecule has 3 aromatic carbocycles. The highest BCUT2D eigenvalue weighted by atomic mass is 127. The van der Waals surface area contributed by atoms with E-state index in [9.17, 15) is 13.2 Å². The maximum atomic E-state index is 12.5. The van der Waals surface area contributed by atoms with Crippen LogP contribution in [0.2, 0.25) is 0 Å². The van der Waals surface area contributed by atoms with Gasteiger partial charge in [-0.15, -0.1) is 0 Å². The Morgan fingerprint density at radius 2 is 1.55 bits per heavy atom. The molecule has 8 heteroatoms. The number of rotatable bonds is 7. The summed E-state index contributed by atoms with van der Waals surface area (Å²) in [6.45, 7) is 1.76. The second-order valence-electron chi connectivity index (χ2n) is 6.24. The van der Waals surface area contributed by atoms with Crippen LogP contribution >= 0.6 is 22.6 Å². The number of hydrogen-bond acceptors (Lipinski definition) is 4. The Bertz CT molecular complexity index is 1100. The van der Waals surface area contributed by atoms with Gasteiger partial charge in [0.25, 0.3) is 15.9 Å². The SMILES string of the molecule is Cc1ccccc1OCC(=O)Nc1ccc(S(=O)(=O)Nc2ccc(I)cc2)cc1. The Hall–Kier alpha value is -2.59. The fourth-order valence-corrected chi connectivity index (χ4v) is 3.93. The van der Waals surface area contributed by atoms with Crippen molar-refractivity contribution in [3.63, 3.8) is 0 Å². The average Bonchev–Trinajstić information content (AvgIpc) is 2.69. The van der Waals surface area contributed by atoms with Gasteiger partial charge in [-0.1, -0.05) is 18.2 Å². The standard InChI is InChI=1S/C21H19IN2O4S/c1-15-4-2-3-5-20(15)28-14-21(25)23-17-10-12-19(13-11-17)29(26,27)24-18-8-6-16(22)7-9-18/h2-13,24H,14H2,1H3,(H,23,25). The number of carbonyl (C=O) groups is 1. The molecule has 0 fully saturated rings. The fraction of sp³-hybridized carbons (Fsp3) is 0.0952. The summed E-state index contributed by atoms with van der Waals surface area (Å²) in [7, 11) is -3.71. The van der Waals surface area contributed by atoms with Crippen molar-refractivity contribution in [3.05, 3.63) is 81.9 Å². The molecular weight excluding hydrogens is 503 g/mol. The second-order valence-corrected chi connectivity index (χ2v) is 9.17. The van der Waals surface area contributed by atoms with Gasteiger partial charge in [0.1, 0.15) is 5.75 Å². The topological polar surface area (TPSA) is 84.5 Å². The summed E-state index contributed by atoms with van der Waals surface area (Å²) in [5.41, 5.74) is 1.91. The molecule has 0 bridgehead atoms. The first-order chi connectivity index (χ1) is 13.8. The average molecular weight is 522 g/mol. The van der Waals surface area contributed by atoms with E-state index in [0.717, 1.165) is 9.13 Å². The van der Waals surface area contributed by atoms with Crippen LogP contribution in [0.5, 0.6) is 5.75 Å². The van der Waals surface area contributed by atoms with Crippen LogP contribution in [0.25, 0.3) is 0 Å². The number of benzene rings is 3. The third kappa shape index (κ3) is 5.94. The number of para-hydroxylation sites is 1. The van der Waals surface area contributed by atoms with Crippen LogP contribution in [0.1, 0.15) is 5.56 Å².